The zero-order valence-electron chi connectivity index (χ0n) is 12.3. The Balaban J connectivity index is 1.97. The van der Waals surface area contributed by atoms with E-state index in [9.17, 15) is 0 Å². The van der Waals surface area contributed by atoms with Crippen LogP contribution in [0.5, 0.6) is 0 Å². The van der Waals surface area contributed by atoms with Gasteiger partial charge < -0.3 is 10.6 Å². The minimum absolute atomic E-state index is 0.388. The SMILES string of the molecule is CC(C)Cc1cnc(N(C)C2CCC(N)CC2)nc1. The number of rotatable bonds is 4. The molecule has 106 valence electrons. The second-order valence-electron chi connectivity index (χ2n) is 6.17. The third-order valence-electron chi connectivity index (χ3n) is 3.94. The molecule has 4 nitrogen and oxygen atoms in total. The first-order valence-corrected chi connectivity index (χ1v) is 7.35. The second kappa shape index (κ2) is 6.33. The van der Waals surface area contributed by atoms with Crippen molar-refractivity contribution in [1.82, 2.24) is 9.97 Å². The van der Waals surface area contributed by atoms with E-state index in [0.717, 1.165) is 38.1 Å². The molecule has 4 heteroatoms. The van der Waals surface area contributed by atoms with Gasteiger partial charge in [0.2, 0.25) is 5.95 Å². The van der Waals surface area contributed by atoms with Gasteiger partial charge in [-0.2, -0.15) is 0 Å². The lowest BCUT2D eigenvalue weighted by molar-refractivity contribution is 0.382. The molecule has 2 N–H and O–H groups in total. The van der Waals surface area contributed by atoms with Crippen LogP contribution in [-0.2, 0) is 6.42 Å². The lowest BCUT2D eigenvalue weighted by Gasteiger charge is -2.33. The summed E-state index contributed by atoms with van der Waals surface area (Å²) < 4.78 is 0. The van der Waals surface area contributed by atoms with Gasteiger partial charge in [-0.3, -0.25) is 0 Å². The zero-order chi connectivity index (χ0) is 13.8. The van der Waals surface area contributed by atoms with Crippen molar-refractivity contribution in [3.8, 4) is 0 Å². The molecular weight excluding hydrogens is 236 g/mol. The monoisotopic (exact) mass is 262 g/mol. The summed E-state index contributed by atoms with van der Waals surface area (Å²) in [5, 5.41) is 0. The Labute approximate surface area is 116 Å². The quantitative estimate of drug-likeness (QED) is 0.905. The Kier molecular flexibility index (Phi) is 4.75. The van der Waals surface area contributed by atoms with Gasteiger partial charge >= 0.3 is 0 Å². The molecule has 0 amide bonds. The van der Waals surface area contributed by atoms with E-state index < -0.39 is 0 Å². The summed E-state index contributed by atoms with van der Waals surface area (Å²) in [6.45, 7) is 4.43. The van der Waals surface area contributed by atoms with E-state index in [0.29, 0.717) is 18.0 Å². The Morgan fingerprint density at radius 3 is 2.32 bits per heavy atom. The second-order valence-corrected chi connectivity index (χ2v) is 6.17. The molecule has 0 bridgehead atoms. The summed E-state index contributed by atoms with van der Waals surface area (Å²) >= 11 is 0. The normalized spacial score (nSPS) is 23.6. The molecular formula is C15H26N4. The molecule has 0 saturated heterocycles. The summed E-state index contributed by atoms with van der Waals surface area (Å²) in [5.74, 6) is 1.49. The predicted molar refractivity (Wildman–Crippen MR) is 79.2 cm³/mol. The Bertz CT molecular complexity index is 380. The smallest absolute Gasteiger partial charge is 0.225 e. The van der Waals surface area contributed by atoms with Gasteiger partial charge in [-0.05, 0) is 43.6 Å². The van der Waals surface area contributed by atoms with E-state index in [1.165, 1.54) is 5.56 Å². The van der Waals surface area contributed by atoms with Crippen molar-refractivity contribution >= 4 is 5.95 Å². The van der Waals surface area contributed by atoms with Crippen molar-refractivity contribution in [2.45, 2.75) is 58.0 Å². The molecule has 0 radical (unpaired) electrons. The molecule has 1 saturated carbocycles. The molecule has 0 atom stereocenters. The molecule has 0 aliphatic heterocycles. The van der Waals surface area contributed by atoms with Crippen molar-refractivity contribution in [2.75, 3.05) is 11.9 Å². The first-order chi connectivity index (χ1) is 9.06. The Morgan fingerprint density at radius 1 is 1.21 bits per heavy atom. The van der Waals surface area contributed by atoms with E-state index in [1.807, 2.05) is 12.4 Å². The summed E-state index contributed by atoms with van der Waals surface area (Å²) in [7, 11) is 2.10. The largest absolute Gasteiger partial charge is 0.341 e. The lowest BCUT2D eigenvalue weighted by Crippen LogP contribution is -2.39. The highest BCUT2D eigenvalue weighted by Gasteiger charge is 2.23. The number of anilines is 1. The molecule has 1 aromatic heterocycles. The molecule has 1 heterocycles. The van der Waals surface area contributed by atoms with Crippen LogP contribution in [0.25, 0.3) is 0 Å². The highest BCUT2D eigenvalue weighted by Crippen LogP contribution is 2.23. The molecule has 1 aromatic rings. The van der Waals surface area contributed by atoms with E-state index in [4.69, 9.17) is 5.73 Å². The van der Waals surface area contributed by atoms with E-state index in [-0.39, 0.29) is 0 Å². The number of aromatic nitrogens is 2. The van der Waals surface area contributed by atoms with Gasteiger partial charge in [0.1, 0.15) is 0 Å². The van der Waals surface area contributed by atoms with Crippen molar-refractivity contribution in [3.05, 3.63) is 18.0 Å². The topological polar surface area (TPSA) is 55.0 Å². The summed E-state index contributed by atoms with van der Waals surface area (Å²) in [6, 6.07) is 0.926. The van der Waals surface area contributed by atoms with Crippen molar-refractivity contribution in [2.24, 2.45) is 11.7 Å². The summed E-state index contributed by atoms with van der Waals surface area (Å²) in [5.41, 5.74) is 7.17. The van der Waals surface area contributed by atoms with Gasteiger partial charge in [0.25, 0.3) is 0 Å². The molecule has 19 heavy (non-hydrogen) atoms. The fourth-order valence-electron chi connectivity index (χ4n) is 2.76. The highest BCUT2D eigenvalue weighted by molar-refractivity contribution is 5.30. The van der Waals surface area contributed by atoms with Crippen molar-refractivity contribution in [3.63, 3.8) is 0 Å². The fourth-order valence-corrected chi connectivity index (χ4v) is 2.76. The molecule has 0 spiro atoms. The van der Waals surface area contributed by atoms with Crippen molar-refractivity contribution < 1.29 is 0 Å². The van der Waals surface area contributed by atoms with Crippen molar-refractivity contribution in [1.29, 1.82) is 0 Å². The lowest BCUT2D eigenvalue weighted by atomic mass is 9.91. The van der Waals surface area contributed by atoms with Gasteiger partial charge in [-0.15, -0.1) is 0 Å². The average Bonchev–Trinajstić information content (AvgIpc) is 2.39. The maximum Gasteiger partial charge on any atom is 0.225 e. The minimum Gasteiger partial charge on any atom is -0.341 e. The van der Waals surface area contributed by atoms with Crippen LogP contribution in [0.1, 0.15) is 45.1 Å². The van der Waals surface area contributed by atoms with Crippen LogP contribution in [0.4, 0.5) is 5.95 Å². The van der Waals surface area contributed by atoms with E-state index in [2.05, 4.69) is 35.8 Å². The molecule has 0 unspecified atom stereocenters. The molecule has 1 aliphatic rings. The maximum atomic E-state index is 5.95. The minimum atomic E-state index is 0.388. The first kappa shape index (κ1) is 14.3. The van der Waals surface area contributed by atoms with E-state index in [1.54, 1.807) is 0 Å². The van der Waals surface area contributed by atoms with Gasteiger partial charge in [-0.25, -0.2) is 9.97 Å². The Hall–Kier alpha value is -1.16. The fraction of sp³-hybridized carbons (Fsp3) is 0.733. The van der Waals surface area contributed by atoms with Crippen LogP contribution < -0.4 is 10.6 Å². The van der Waals surface area contributed by atoms with E-state index >= 15 is 0 Å². The van der Waals surface area contributed by atoms with Gasteiger partial charge in [0.15, 0.2) is 0 Å². The third kappa shape index (κ3) is 3.90. The van der Waals surface area contributed by atoms with Gasteiger partial charge in [0, 0.05) is 31.5 Å². The van der Waals surface area contributed by atoms with Crippen LogP contribution in [0.2, 0.25) is 0 Å². The highest BCUT2D eigenvalue weighted by atomic mass is 15.2. The van der Waals surface area contributed by atoms with Crippen LogP contribution in [-0.4, -0.2) is 29.1 Å². The molecule has 1 fully saturated rings. The number of hydrogen-bond donors (Lipinski definition) is 1. The standard InChI is InChI=1S/C15H26N4/c1-11(2)8-12-9-17-15(18-10-12)19(3)14-6-4-13(16)5-7-14/h9-11,13-14H,4-8,16H2,1-3H3. The van der Waals surface area contributed by atoms with Crippen LogP contribution >= 0.6 is 0 Å². The molecule has 2 rings (SSSR count). The molecule has 0 aromatic carbocycles. The Morgan fingerprint density at radius 2 is 1.79 bits per heavy atom. The van der Waals surface area contributed by atoms with Crippen LogP contribution in [0.3, 0.4) is 0 Å². The number of nitrogens with two attached hydrogens (primary N) is 1. The van der Waals surface area contributed by atoms with Gasteiger partial charge in [0.05, 0.1) is 0 Å². The van der Waals surface area contributed by atoms with Crippen LogP contribution in [0.15, 0.2) is 12.4 Å². The number of nitrogens with zero attached hydrogens (tertiary/aromatic N) is 3. The first-order valence-electron chi connectivity index (χ1n) is 7.35. The summed E-state index contributed by atoms with van der Waals surface area (Å²) in [6.07, 6.45) is 9.49. The number of hydrogen-bond acceptors (Lipinski definition) is 4. The third-order valence-corrected chi connectivity index (χ3v) is 3.94. The van der Waals surface area contributed by atoms with Crippen LogP contribution in [0, 0.1) is 5.92 Å². The predicted octanol–water partition coefficient (Wildman–Crippen LogP) is 2.38. The van der Waals surface area contributed by atoms with Gasteiger partial charge in [-0.1, -0.05) is 13.8 Å². The maximum absolute atomic E-state index is 5.95. The average molecular weight is 262 g/mol. The molecule has 1 aliphatic carbocycles. The zero-order valence-corrected chi connectivity index (χ0v) is 12.3. The summed E-state index contributed by atoms with van der Waals surface area (Å²) in [4.78, 5) is 11.2.